The minimum Gasteiger partial charge on any atom is -0.382 e. The molecule has 2 rings (SSSR count). The average molecular weight is 241 g/mol. The molecule has 1 aliphatic carbocycles. The van der Waals surface area contributed by atoms with Gasteiger partial charge in [0.2, 0.25) is 0 Å². The second-order valence-corrected chi connectivity index (χ2v) is 5.66. The maximum Gasteiger partial charge on any atom is 0.0700 e. The van der Waals surface area contributed by atoms with Crippen molar-refractivity contribution >= 4 is 0 Å². The molecule has 1 saturated carbocycles. The Hall–Kier alpha value is -0.120. The van der Waals surface area contributed by atoms with E-state index in [0.717, 1.165) is 25.7 Å². The van der Waals surface area contributed by atoms with E-state index in [4.69, 9.17) is 9.47 Å². The van der Waals surface area contributed by atoms with E-state index in [-0.39, 0.29) is 0 Å². The topological polar surface area (TPSA) is 30.5 Å². The molecule has 0 aromatic rings. The number of ether oxygens (including phenoxy) is 2. The molecule has 0 unspecified atom stereocenters. The lowest BCUT2D eigenvalue weighted by Gasteiger charge is -2.47. The maximum absolute atomic E-state index is 5.56. The number of rotatable bonds is 8. The van der Waals surface area contributed by atoms with E-state index in [2.05, 4.69) is 5.32 Å². The van der Waals surface area contributed by atoms with Crippen molar-refractivity contribution in [2.24, 2.45) is 11.3 Å². The van der Waals surface area contributed by atoms with Gasteiger partial charge in [-0.05, 0) is 37.0 Å². The minimum atomic E-state index is 0.626. The van der Waals surface area contributed by atoms with Crippen molar-refractivity contribution in [2.45, 2.75) is 38.5 Å². The van der Waals surface area contributed by atoms with Crippen LogP contribution in [-0.2, 0) is 9.47 Å². The fraction of sp³-hybridized carbons (Fsp3) is 1.00. The van der Waals surface area contributed by atoms with Gasteiger partial charge in [-0.15, -0.1) is 0 Å². The highest BCUT2D eigenvalue weighted by molar-refractivity contribution is 4.98. The van der Waals surface area contributed by atoms with E-state index in [1.54, 1.807) is 7.11 Å². The van der Waals surface area contributed by atoms with Crippen molar-refractivity contribution in [1.82, 2.24) is 5.32 Å². The zero-order valence-corrected chi connectivity index (χ0v) is 11.2. The van der Waals surface area contributed by atoms with Crippen molar-refractivity contribution in [3.63, 3.8) is 0 Å². The molecule has 2 fully saturated rings. The highest BCUT2D eigenvalue weighted by atomic mass is 16.5. The third kappa shape index (κ3) is 3.43. The molecular weight excluding hydrogens is 214 g/mol. The van der Waals surface area contributed by atoms with E-state index in [1.807, 2.05) is 0 Å². The van der Waals surface area contributed by atoms with E-state index < -0.39 is 0 Å². The van der Waals surface area contributed by atoms with Crippen LogP contribution in [0.25, 0.3) is 0 Å². The summed E-state index contributed by atoms with van der Waals surface area (Å²) >= 11 is 0. The second-order valence-electron chi connectivity index (χ2n) is 5.66. The second kappa shape index (κ2) is 6.72. The Morgan fingerprint density at radius 3 is 2.47 bits per heavy atom. The summed E-state index contributed by atoms with van der Waals surface area (Å²) in [5.41, 5.74) is 0.626. The van der Waals surface area contributed by atoms with Gasteiger partial charge in [-0.1, -0.05) is 12.8 Å². The summed E-state index contributed by atoms with van der Waals surface area (Å²) in [5.74, 6) is 0.989. The van der Waals surface area contributed by atoms with Crippen LogP contribution in [0.15, 0.2) is 0 Å². The Bertz CT molecular complexity index is 210. The predicted octanol–water partition coefficient (Wildman–Crippen LogP) is 2.21. The molecular formula is C14H27NO2. The van der Waals surface area contributed by atoms with E-state index in [9.17, 15) is 0 Å². The van der Waals surface area contributed by atoms with Gasteiger partial charge >= 0.3 is 0 Å². The van der Waals surface area contributed by atoms with Gasteiger partial charge in [0.25, 0.3) is 0 Å². The predicted molar refractivity (Wildman–Crippen MR) is 69.2 cm³/mol. The number of hydrogen-bond donors (Lipinski definition) is 1. The SMILES string of the molecule is COCCOCCCC1(C2CCCC2)CNC1. The van der Waals surface area contributed by atoms with Crippen LogP contribution in [0.1, 0.15) is 38.5 Å². The molecule has 100 valence electrons. The summed E-state index contributed by atoms with van der Waals surface area (Å²) in [7, 11) is 1.72. The fourth-order valence-electron chi connectivity index (χ4n) is 3.42. The van der Waals surface area contributed by atoms with Crippen molar-refractivity contribution in [1.29, 1.82) is 0 Å². The summed E-state index contributed by atoms with van der Waals surface area (Å²) in [6.07, 6.45) is 8.39. The molecule has 1 aliphatic heterocycles. The van der Waals surface area contributed by atoms with Crippen LogP contribution in [0, 0.1) is 11.3 Å². The molecule has 0 bridgehead atoms. The molecule has 0 spiro atoms. The molecule has 1 N–H and O–H groups in total. The van der Waals surface area contributed by atoms with E-state index in [0.29, 0.717) is 5.41 Å². The fourth-order valence-corrected chi connectivity index (χ4v) is 3.42. The third-order valence-corrected chi connectivity index (χ3v) is 4.57. The van der Waals surface area contributed by atoms with Crippen LogP contribution < -0.4 is 5.32 Å². The highest BCUT2D eigenvalue weighted by Crippen LogP contribution is 2.45. The number of methoxy groups -OCH3 is 1. The van der Waals surface area contributed by atoms with E-state index >= 15 is 0 Å². The van der Waals surface area contributed by atoms with Gasteiger partial charge in [0.1, 0.15) is 0 Å². The molecule has 0 radical (unpaired) electrons. The third-order valence-electron chi connectivity index (χ3n) is 4.57. The zero-order valence-electron chi connectivity index (χ0n) is 11.2. The molecule has 3 nitrogen and oxygen atoms in total. The Kier molecular flexibility index (Phi) is 5.26. The molecule has 0 aromatic heterocycles. The van der Waals surface area contributed by atoms with Gasteiger partial charge in [0, 0.05) is 26.8 Å². The maximum atomic E-state index is 5.56. The first kappa shape index (κ1) is 13.3. The van der Waals surface area contributed by atoms with Crippen LogP contribution >= 0.6 is 0 Å². The molecule has 1 saturated heterocycles. The first-order valence-electron chi connectivity index (χ1n) is 7.15. The van der Waals surface area contributed by atoms with Crippen LogP contribution in [0.2, 0.25) is 0 Å². The molecule has 2 aliphatic rings. The quantitative estimate of drug-likeness (QED) is 0.661. The van der Waals surface area contributed by atoms with Crippen LogP contribution in [-0.4, -0.2) is 40.0 Å². The Morgan fingerprint density at radius 2 is 1.88 bits per heavy atom. The molecule has 0 amide bonds. The first-order chi connectivity index (χ1) is 8.37. The lowest BCUT2D eigenvalue weighted by atomic mass is 9.67. The number of nitrogens with one attached hydrogen (secondary N) is 1. The van der Waals surface area contributed by atoms with Crippen LogP contribution in [0.4, 0.5) is 0 Å². The minimum absolute atomic E-state index is 0.626. The Morgan fingerprint density at radius 1 is 1.12 bits per heavy atom. The molecule has 0 aromatic carbocycles. The summed E-state index contributed by atoms with van der Waals surface area (Å²) in [4.78, 5) is 0. The lowest BCUT2D eigenvalue weighted by molar-refractivity contribution is 0.0366. The smallest absolute Gasteiger partial charge is 0.0700 e. The molecule has 17 heavy (non-hydrogen) atoms. The first-order valence-corrected chi connectivity index (χ1v) is 7.15. The largest absolute Gasteiger partial charge is 0.382 e. The summed E-state index contributed by atoms with van der Waals surface area (Å²) in [5, 5.41) is 3.48. The average Bonchev–Trinajstić information content (AvgIpc) is 2.80. The van der Waals surface area contributed by atoms with Gasteiger partial charge in [0.05, 0.1) is 13.2 Å². The summed E-state index contributed by atoms with van der Waals surface area (Å²) in [6, 6.07) is 0. The summed E-state index contributed by atoms with van der Waals surface area (Å²) in [6.45, 7) is 4.85. The normalized spacial score (nSPS) is 23.8. The van der Waals surface area contributed by atoms with E-state index in [1.165, 1.54) is 51.6 Å². The molecule has 3 heteroatoms. The van der Waals surface area contributed by atoms with Gasteiger partial charge in [-0.3, -0.25) is 0 Å². The Labute approximate surface area is 105 Å². The van der Waals surface area contributed by atoms with Gasteiger partial charge in [0.15, 0.2) is 0 Å². The standard InChI is InChI=1S/C14H27NO2/c1-16-9-10-17-8-4-7-14(11-15-12-14)13-5-2-3-6-13/h13,15H,2-12H2,1H3. The van der Waals surface area contributed by atoms with Crippen molar-refractivity contribution in [3.8, 4) is 0 Å². The van der Waals surface area contributed by atoms with Crippen LogP contribution in [0.3, 0.4) is 0 Å². The Balaban J connectivity index is 1.62. The van der Waals surface area contributed by atoms with Crippen molar-refractivity contribution < 1.29 is 9.47 Å². The van der Waals surface area contributed by atoms with Crippen molar-refractivity contribution in [3.05, 3.63) is 0 Å². The number of hydrogen-bond acceptors (Lipinski definition) is 3. The molecule has 0 atom stereocenters. The van der Waals surface area contributed by atoms with Gasteiger partial charge < -0.3 is 14.8 Å². The van der Waals surface area contributed by atoms with Crippen LogP contribution in [0.5, 0.6) is 0 Å². The lowest BCUT2D eigenvalue weighted by Crippen LogP contribution is -2.57. The monoisotopic (exact) mass is 241 g/mol. The highest BCUT2D eigenvalue weighted by Gasteiger charge is 2.43. The molecule has 1 heterocycles. The van der Waals surface area contributed by atoms with Crippen molar-refractivity contribution in [2.75, 3.05) is 40.0 Å². The summed E-state index contributed by atoms with van der Waals surface area (Å²) < 4.78 is 10.5. The van der Waals surface area contributed by atoms with Gasteiger partial charge in [-0.2, -0.15) is 0 Å². The zero-order chi connectivity index (χ0) is 12.0. The van der Waals surface area contributed by atoms with Gasteiger partial charge in [-0.25, -0.2) is 0 Å².